The molecule has 0 aliphatic carbocycles. The van der Waals surface area contributed by atoms with E-state index in [1.807, 2.05) is 0 Å². The van der Waals surface area contributed by atoms with E-state index in [0.717, 1.165) is 5.56 Å². The molecule has 1 aromatic carbocycles. The van der Waals surface area contributed by atoms with E-state index in [4.69, 9.17) is 30.2 Å². The summed E-state index contributed by atoms with van der Waals surface area (Å²) in [4.78, 5) is 21.1. The first-order valence-corrected chi connectivity index (χ1v) is 11.9. The van der Waals surface area contributed by atoms with E-state index in [-0.39, 0.29) is 18.1 Å². The highest BCUT2D eigenvalue weighted by Gasteiger charge is 2.33. The van der Waals surface area contributed by atoms with Gasteiger partial charge in [0.1, 0.15) is 23.0 Å². The van der Waals surface area contributed by atoms with Gasteiger partial charge in [-0.15, -0.1) is 11.6 Å². The molecule has 0 bridgehead atoms. The van der Waals surface area contributed by atoms with E-state index < -0.39 is 30.4 Å². The second-order valence-electron chi connectivity index (χ2n) is 7.20. The zero-order valence-corrected chi connectivity index (χ0v) is 19.5. The molecule has 1 heterocycles. The number of nitro groups is 1. The molecule has 1 aromatic heterocycles. The van der Waals surface area contributed by atoms with Gasteiger partial charge in [0, 0.05) is 12.4 Å². The quantitative estimate of drug-likeness (QED) is 0.127. The van der Waals surface area contributed by atoms with E-state index >= 15 is 0 Å². The lowest BCUT2D eigenvalue weighted by Gasteiger charge is -2.27. The summed E-state index contributed by atoms with van der Waals surface area (Å²) in [5, 5.41) is 19.8. The normalized spacial score (nSPS) is 14.1. The summed E-state index contributed by atoms with van der Waals surface area (Å²) in [5.74, 6) is -1.00. The fourth-order valence-corrected chi connectivity index (χ4v) is 4.34. The molecule has 0 fully saturated rings. The van der Waals surface area contributed by atoms with Crippen molar-refractivity contribution >= 4 is 31.2 Å². The summed E-state index contributed by atoms with van der Waals surface area (Å²) in [6, 6.07) is 9.12. The number of benzene rings is 1. The van der Waals surface area contributed by atoms with Crippen LogP contribution in [0.2, 0.25) is 0 Å². The molecule has 2 atom stereocenters. The molecule has 10 nitrogen and oxygen atoms in total. The first kappa shape index (κ1) is 25.9. The lowest BCUT2D eigenvalue weighted by molar-refractivity contribution is -0.402. The van der Waals surface area contributed by atoms with E-state index in [1.165, 1.54) is 16.8 Å². The molecule has 0 spiro atoms. The van der Waals surface area contributed by atoms with Crippen LogP contribution in [0.15, 0.2) is 40.8 Å². The molecule has 32 heavy (non-hydrogen) atoms. The van der Waals surface area contributed by atoms with Gasteiger partial charge in [-0.3, -0.25) is 19.4 Å². The number of aliphatic carboxylic acids is 1. The molecular formula is C20H26ClN2O8P. The van der Waals surface area contributed by atoms with Gasteiger partial charge >= 0.3 is 19.6 Å². The Morgan fingerprint density at radius 3 is 2.53 bits per heavy atom. The van der Waals surface area contributed by atoms with Gasteiger partial charge in [0.15, 0.2) is 0 Å². The Kier molecular flexibility index (Phi) is 9.71. The van der Waals surface area contributed by atoms with Crippen LogP contribution in [0.1, 0.15) is 31.1 Å². The molecular weight excluding hydrogens is 463 g/mol. The third-order valence-electron chi connectivity index (χ3n) is 4.59. The minimum absolute atomic E-state index is 0.132. The number of hydrogen-bond acceptors (Lipinski definition) is 7. The molecule has 0 aliphatic rings. The van der Waals surface area contributed by atoms with Crippen molar-refractivity contribution in [2.45, 2.75) is 32.8 Å². The maximum absolute atomic E-state index is 13.5. The Labute approximate surface area is 190 Å². The Morgan fingerprint density at radius 1 is 1.28 bits per heavy atom. The molecule has 2 aromatic rings. The number of furan rings is 1. The number of halogens is 1. The Morgan fingerprint density at radius 2 is 1.97 bits per heavy atom. The SMILES string of the molecule is C[C@@H](Cc1ccc(OP(=O)(OCc2ccc([N+](=O)[O-])o2)N(C)CCCCCl)cc1)C(=O)O. The topological polar surface area (TPSA) is 132 Å². The van der Waals surface area contributed by atoms with Crippen LogP contribution in [0.5, 0.6) is 5.75 Å². The van der Waals surface area contributed by atoms with Crippen molar-refractivity contribution in [3.05, 3.63) is 57.8 Å². The first-order valence-electron chi connectivity index (χ1n) is 9.91. The molecule has 176 valence electrons. The summed E-state index contributed by atoms with van der Waals surface area (Å²) in [6.07, 6.45) is 1.72. The van der Waals surface area contributed by atoms with Crippen molar-refractivity contribution in [3.8, 4) is 5.75 Å². The maximum atomic E-state index is 13.5. The third kappa shape index (κ3) is 7.63. The minimum Gasteiger partial charge on any atom is -0.481 e. The predicted octanol–water partition coefficient (Wildman–Crippen LogP) is 5.11. The van der Waals surface area contributed by atoms with Gasteiger partial charge < -0.3 is 14.0 Å². The number of nitrogens with zero attached hydrogens (tertiary/aromatic N) is 2. The van der Waals surface area contributed by atoms with E-state index in [9.17, 15) is 19.5 Å². The van der Waals surface area contributed by atoms with Crippen molar-refractivity contribution in [3.63, 3.8) is 0 Å². The van der Waals surface area contributed by atoms with Crippen molar-refractivity contribution in [2.24, 2.45) is 5.92 Å². The van der Waals surface area contributed by atoms with E-state index in [2.05, 4.69) is 0 Å². The third-order valence-corrected chi connectivity index (χ3v) is 6.79. The Hall–Kier alpha value is -2.39. The standard InChI is InChI=1S/C20H26ClN2O8P/c1-15(20(24)25)13-16-5-7-17(8-6-16)31-32(28,22(2)12-4-3-11-21)29-14-18-9-10-19(30-18)23(26)27/h5-10,15H,3-4,11-14H2,1-2H3,(H,24,25)/t15-,32?/m0/s1. The molecule has 1 N–H and O–H groups in total. The smallest absolute Gasteiger partial charge is 0.461 e. The number of carbonyl (C=O) groups is 1. The lowest BCUT2D eigenvalue weighted by atomic mass is 10.0. The Bertz CT molecular complexity index is 949. The lowest BCUT2D eigenvalue weighted by Crippen LogP contribution is -2.21. The molecule has 12 heteroatoms. The van der Waals surface area contributed by atoms with E-state index in [1.54, 1.807) is 38.2 Å². The highest BCUT2D eigenvalue weighted by atomic mass is 35.5. The van der Waals surface area contributed by atoms with E-state index in [0.29, 0.717) is 31.7 Å². The molecule has 0 radical (unpaired) electrons. The largest absolute Gasteiger partial charge is 0.481 e. The molecule has 2 rings (SSSR count). The fourth-order valence-electron chi connectivity index (χ4n) is 2.70. The van der Waals surface area contributed by atoms with Crippen LogP contribution in [-0.4, -0.2) is 40.1 Å². The zero-order chi connectivity index (χ0) is 23.7. The average Bonchev–Trinajstić information content (AvgIpc) is 3.23. The highest BCUT2D eigenvalue weighted by Crippen LogP contribution is 2.52. The number of unbranched alkanes of at least 4 members (excludes halogenated alkanes) is 1. The second-order valence-corrected chi connectivity index (χ2v) is 9.63. The summed E-state index contributed by atoms with van der Waals surface area (Å²) in [7, 11) is -2.26. The van der Waals surface area contributed by atoms with Gasteiger partial charge in [0.25, 0.3) is 0 Å². The van der Waals surface area contributed by atoms with Crippen molar-refractivity contribution < 1.29 is 32.9 Å². The summed E-state index contributed by atoms with van der Waals surface area (Å²) >= 11 is 5.71. The monoisotopic (exact) mass is 488 g/mol. The van der Waals surface area contributed by atoms with Crippen molar-refractivity contribution in [1.29, 1.82) is 0 Å². The Balaban J connectivity index is 2.13. The van der Waals surface area contributed by atoms with Crippen LogP contribution in [-0.2, 0) is 26.9 Å². The summed E-state index contributed by atoms with van der Waals surface area (Å²) < 4.78 is 31.3. The molecule has 0 saturated carbocycles. The number of hydrogen-bond donors (Lipinski definition) is 1. The first-order chi connectivity index (χ1) is 15.1. The molecule has 0 saturated heterocycles. The van der Waals surface area contributed by atoms with Crippen LogP contribution >= 0.6 is 19.3 Å². The summed E-state index contributed by atoms with van der Waals surface area (Å²) in [5.41, 5.74) is 0.793. The van der Waals surface area contributed by atoms with Gasteiger partial charge in [-0.05, 0) is 50.1 Å². The maximum Gasteiger partial charge on any atom is 0.461 e. The number of rotatable bonds is 14. The van der Waals surface area contributed by atoms with Crippen LogP contribution in [0.4, 0.5) is 5.88 Å². The van der Waals surface area contributed by atoms with Gasteiger partial charge in [-0.1, -0.05) is 19.1 Å². The molecule has 0 amide bonds. The van der Waals surface area contributed by atoms with Gasteiger partial charge in [0.2, 0.25) is 0 Å². The van der Waals surface area contributed by atoms with Gasteiger partial charge in [0.05, 0.1) is 12.0 Å². The molecule has 1 unspecified atom stereocenters. The average molecular weight is 489 g/mol. The van der Waals surface area contributed by atoms with Crippen LogP contribution in [0, 0.1) is 16.0 Å². The minimum atomic E-state index is -3.84. The second kappa shape index (κ2) is 12.0. The van der Waals surface area contributed by atoms with Crippen LogP contribution in [0.3, 0.4) is 0 Å². The predicted molar refractivity (Wildman–Crippen MR) is 118 cm³/mol. The fraction of sp³-hybridized carbons (Fsp3) is 0.450. The van der Waals surface area contributed by atoms with Gasteiger partial charge in [-0.25, -0.2) is 9.24 Å². The highest BCUT2D eigenvalue weighted by molar-refractivity contribution is 7.51. The number of alkyl halides is 1. The van der Waals surface area contributed by atoms with Crippen LogP contribution < -0.4 is 4.52 Å². The van der Waals surface area contributed by atoms with Crippen molar-refractivity contribution in [1.82, 2.24) is 4.67 Å². The molecule has 0 aliphatic heterocycles. The number of carboxylic acid groups (broad SMARTS) is 1. The van der Waals surface area contributed by atoms with Crippen molar-refractivity contribution in [2.75, 3.05) is 19.5 Å². The summed E-state index contributed by atoms with van der Waals surface area (Å²) in [6.45, 7) is 1.71. The van der Waals surface area contributed by atoms with Crippen LogP contribution in [0.25, 0.3) is 0 Å². The van der Waals surface area contributed by atoms with Gasteiger partial charge in [-0.2, -0.15) is 0 Å². The zero-order valence-electron chi connectivity index (χ0n) is 17.8. The number of carboxylic acids is 1.